The van der Waals surface area contributed by atoms with Crippen LogP contribution < -0.4 is 0 Å². The van der Waals surface area contributed by atoms with E-state index in [1.807, 2.05) is 29.6 Å². The number of carbonyl (C=O) groups excluding carboxylic acids is 1. The molecule has 0 spiro atoms. The van der Waals surface area contributed by atoms with Crippen LogP contribution in [0.5, 0.6) is 0 Å². The van der Waals surface area contributed by atoms with Crippen LogP contribution in [0.25, 0.3) is 0 Å². The lowest BCUT2D eigenvalue weighted by atomic mass is 10.0. The van der Waals surface area contributed by atoms with Gasteiger partial charge < -0.3 is 0 Å². The molecule has 0 amide bonds. The summed E-state index contributed by atoms with van der Waals surface area (Å²) in [5.74, 6) is 0.357. The van der Waals surface area contributed by atoms with Gasteiger partial charge in [0.15, 0.2) is 5.78 Å². The van der Waals surface area contributed by atoms with Gasteiger partial charge in [-0.3, -0.25) is 4.79 Å². The summed E-state index contributed by atoms with van der Waals surface area (Å²) in [6.07, 6.45) is 0.871. The normalized spacial score (nSPS) is 19.2. The van der Waals surface area contributed by atoms with E-state index in [4.69, 9.17) is 0 Å². The first-order valence-corrected chi connectivity index (χ1v) is 5.90. The zero-order chi connectivity index (χ0) is 10.3. The minimum absolute atomic E-state index is 0.0717. The van der Waals surface area contributed by atoms with Gasteiger partial charge in [-0.05, 0) is 23.4 Å². The molecular weight excluding hydrogens is 204 g/mol. The highest BCUT2D eigenvalue weighted by Gasteiger charge is 2.31. The van der Waals surface area contributed by atoms with Crippen LogP contribution in [-0.4, -0.2) is 5.78 Å². The van der Waals surface area contributed by atoms with Gasteiger partial charge in [-0.15, -0.1) is 11.3 Å². The van der Waals surface area contributed by atoms with E-state index in [0.29, 0.717) is 0 Å². The molecule has 1 atom stereocenters. The highest BCUT2D eigenvalue weighted by Crippen LogP contribution is 2.35. The molecule has 15 heavy (non-hydrogen) atoms. The molecular formula is C13H10OS. The number of Topliss-reactive ketones (excluding diaryl/α,β-unsaturated/α-hetero) is 1. The molecule has 0 saturated carbocycles. The van der Waals surface area contributed by atoms with Crippen LogP contribution in [0.3, 0.4) is 0 Å². The summed E-state index contributed by atoms with van der Waals surface area (Å²) in [6, 6.07) is 12.0. The third-order valence-corrected chi connectivity index (χ3v) is 3.90. The standard InChI is InChI=1S/C13H10OS/c14-13-10-5-2-1-4-9(10)8-11(13)12-6-3-7-15-12/h1-7,11H,8H2. The predicted octanol–water partition coefficient (Wildman–Crippen LogP) is 3.27. The summed E-state index contributed by atoms with van der Waals surface area (Å²) in [6.45, 7) is 0. The third kappa shape index (κ3) is 1.33. The molecule has 0 radical (unpaired) electrons. The lowest BCUT2D eigenvalue weighted by Gasteiger charge is -2.03. The lowest BCUT2D eigenvalue weighted by Crippen LogP contribution is -2.04. The van der Waals surface area contributed by atoms with E-state index in [0.717, 1.165) is 12.0 Å². The van der Waals surface area contributed by atoms with Crippen molar-refractivity contribution in [3.63, 3.8) is 0 Å². The van der Waals surface area contributed by atoms with Crippen LogP contribution in [0.1, 0.15) is 26.7 Å². The minimum Gasteiger partial charge on any atom is -0.293 e. The van der Waals surface area contributed by atoms with Gasteiger partial charge in [-0.2, -0.15) is 0 Å². The number of ketones is 1. The van der Waals surface area contributed by atoms with Crippen LogP contribution in [0.4, 0.5) is 0 Å². The van der Waals surface area contributed by atoms with E-state index >= 15 is 0 Å². The molecule has 3 rings (SSSR count). The third-order valence-electron chi connectivity index (χ3n) is 2.91. The number of hydrogen-bond acceptors (Lipinski definition) is 2. The van der Waals surface area contributed by atoms with Crippen molar-refractivity contribution in [2.75, 3.05) is 0 Å². The van der Waals surface area contributed by atoms with Gasteiger partial charge in [0.2, 0.25) is 0 Å². The largest absolute Gasteiger partial charge is 0.293 e. The molecule has 0 fully saturated rings. The van der Waals surface area contributed by atoms with E-state index in [-0.39, 0.29) is 11.7 Å². The van der Waals surface area contributed by atoms with Gasteiger partial charge in [-0.25, -0.2) is 0 Å². The average Bonchev–Trinajstić information content (AvgIpc) is 2.87. The molecule has 0 bridgehead atoms. The fraction of sp³-hybridized carbons (Fsp3) is 0.154. The molecule has 2 heteroatoms. The molecule has 1 unspecified atom stereocenters. The van der Waals surface area contributed by atoms with Crippen LogP contribution in [0, 0.1) is 0 Å². The summed E-state index contributed by atoms with van der Waals surface area (Å²) >= 11 is 1.67. The zero-order valence-electron chi connectivity index (χ0n) is 8.14. The van der Waals surface area contributed by atoms with Gasteiger partial charge in [0.25, 0.3) is 0 Å². The first-order valence-electron chi connectivity index (χ1n) is 5.02. The first kappa shape index (κ1) is 8.86. The van der Waals surface area contributed by atoms with E-state index in [9.17, 15) is 4.79 Å². The molecule has 0 saturated heterocycles. The van der Waals surface area contributed by atoms with Gasteiger partial charge in [0.1, 0.15) is 0 Å². The van der Waals surface area contributed by atoms with Crippen molar-refractivity contribution >= 4 is 17.1 Å². The maximum Gasteiger partial charge on any atom is 0.171 e. The summed E-state index contributed by atoms with van der Waals surface area (Å²) in [4.78, 5) is 13.3. The molecule has 74 valence electrons. The van der Waals surface area contributed by atoms with Gasteiger partial charge in [0, 0.05) is 10.4 Å². The molecule has 1 heterocycles. The van der Waals surface area contributed by atoms with Crippen molar-refractivity contribution in [3.05, 3.63) is 57.8 Å². The topological polar surface area (TPSA) is 17.1 Å². The van der Waals surface area contributed by atoms with Crippen LogP contribution in [-0.2, 0) is 6.42 Å². The molecule has 1 aliphatic carbocycles. The maximum absolute atomic E-state index is 12.1. The quantitative estimate of drug-likeness (QED) is 0.712. The number of benzene rings is 1. The summed E-state index contributed by atoms with van der Waals surface area (Å²) in [5.41, 5.74) is 2.11. The Morgan fingerprint density at radius 3 is 2.73 bits per heavy atom. The molecule has 1 nitrogen and oxygen atoms in total. The SMILES string of the molecule is O=C1c2ccccc2CC1c1cccs1. The van der Waals surface area contributed by atoms with Crippen LogP contribution >= 0.6 is 11.3 Å². The summed E-state index contributed by atoms with van der Waals surface area (Å²) in [7, 11) is 0. The number of carbonyl (C=O) groups is 1. The van der Waals surface area contributed by atoms with E-state index in [1.54, 1.807) is 11.3 Å². The molecule has 0 aliphatic heterocycles. The number of rotatable bonds is 1. The van der Waals surface area contributed by atoms with Crippen molar-refractivity contribution in [1.29, 1.82) is 0 Å². The van der Waals surface area contributed by atoms with E-state index in [2.05, 4.69) is 12.1 Å². The summed E-state index contributed by atoms with van der Waals surface area (Å²) in [5, 5.41) is 2.03. The smallest absolute Gasteiger partial charge is 0.171 e. The Labute approximate surface area is 92.4 Å². The minimum atomic E-state index is 0.0717. The Morgan fingerprint density at radius 2 is 2.00 bits per heavy atom. The highest BCUT2D eigenvalue weighted by molar-refractivity contribution is 7.10. The van der Waals surface area contributed by atoms with Gasteiger partial charge >= 0.3 is 0 Å². The molecule has 0 N–H and O–H groups in total. The van der Waals surface area contributed by atoms with Gasteiger partial charge in [0.05, 0.1) is 5.92 Å². The summed E-state index contributed by atoms with van der Waals surface area (Å²) < 4.78 is 0. The lowest BCUT2D eigenvalue weighted by molar-refractivity contribution is 0.0974. The fourth-order valence-corrected chi connectivity index (χ4v) is 2.98. The van der Waals surface area contributed by atoms with E-state index < -0.39 is 0 Å². The fourth-order valence-electron chi connectivity index (χ4n) is 2.16. The molecule has 1 aromatic heterocycles. The second-order valence-corrected chi connectivity index (χ2v) is 4.77. The van der Waals surface area contributed by atoms with Crippen LogP contribution in [0.15, 0.2) is 41.8 Å². The number of fused-ring (bicyclic) bond motifs is 1. The number of thiophene rings is 1. The van der Waals surface area contributed by atoms with Crippen molar-refractivity contribution in [1.82, 2.24) is 0 Å². The van der Waals surface area contributed by atoms with Crippen molar-refractivity contribution in [2.24, 2.45) is 0 Å². The van der Waals surface area contributed by atoms with Crippen LogP contribution in [0.2, 0.25) is 0 Å². The Balaban J connectivity index is 2.04. The number of hydrogen-bond donors (Lipinski definition) is 0. The van der Waals surface area contributed by atoms with E-state index in [1.165, 1.54) is 10.4 Å². The highest BCUT2D eigenvalue weighted by atomic mass is 32.1. The Morgan fingerprint density at radius 1 is 1.13 bits per heavy atom. The van der Waals surface area contributed by atoms with Crippen molar-refractivity contribution in [3.8, 4) is 0 Å². The second-order valence-electron chi connectivity index (χ2n) is 3.79. The Kier molecular flexibility index (Phi) is 1.96. The second kappa shape index (κ2) is 3.31. The average molecular weight is 214 g/mol. The zero-order valence-corrected chi connectivity index (χ0v) is 8.96. The van der Waals surface area contributed by atoms with Crippen molar-refractivity contribution < 1.29 is 4.79 Å². The monoisotopic (exact) mass is 214 g/mol. The first-order chi connectivity index (χ1) is 7.36. The Bertz CT molecular complexity index is 499. The maximum atomic E-state index is 12.1. The molecule has 1 aliphatic rings. The van der Waals surface area contributed by atoms with Gasteiger partial charge in [-0.1, -0.05) is 30.3 Å². The molecule has 2 aromatic rings. The van der Waals surface area contributed by atoms with Crippen molar-refractivity contribution in [2.45, 2.75) is 12.3 Å². The predicted molar refractivity (Wildman–Crippen MR) is 61.5 cm³/mol. The molecule has 1 aromatic carbocycles. The Hall–Kier alpha value is -1.41.